The van der Waals surface area contributed by atoms with Gasteiger partial charge in [-0.15, -0.1) is 11.3 Å². The van der Waals surface area contributed by atoms with E-state index in [1.54, 1.807) is 37.4 Å². The largest absolute Gasteiger partial charge is 0.482 e. The number of aromatic nitrogens is 2. The number of aliphatic carboxylic acids is 1. The van der Waals surface area contributed by atoms with Crippen molar-refractivity contribution in [1.29, 1.82) is 0 Å². The summed E-state index contributed by atoms with van der Waals surface area (Å²) < 4.78 is 6.40. The van der Waals surface area contributed by atoms with Crippen molar-refractivity contribution in [3.63, 3.8) is 0 Å². The third-order valence-electron chi connectivity index (χ3n) is 4.40. The average Bonchev–Trinajstić information content (AvgIpc) is 3.17. The van der Waals surface area contributed by atoms with Crippen LogP contribution >= 0.6 is 11.3 Å². The lowest BCUT2D eigenvalue weighted by atomic mass is 10.1. The third-order valence-corrected chi connectivity index (χ3v) is 5.27. The highest BCUT2D eigenvalue weighted by Gasteiger charge is 2.15. The van der Waals surface area contributed by atoms with Crippen molar-refractivity contribution < 1.29 is 14.6 Å². The molecular formula is C22H17N3O4S. The Labute approximate surface area is 175 Å². The second-order valence-electron chi connectivity index (χ2n) is 6.47. The van der Waals surface area contributed by atoms with Crippen molar-refractivity contribution in [2.24, 2.45) is 5.10 Å². The summed E-state index contributed by atoms with van der Waals surface area (Å²) in [4.78, 5) is 29.0. The van der Waals surface area contributed by atoms with Gasteiger partial charge in [0, 0.05) is 10.9 Å². The molecule has 2 aromatic heterocycles. The number of nitrogens with zero attached hydrogens (tertiary/aromatic N) is 3. The van der Waals surface area contributed by atoms with Crippen LogP contribution in [-0.2, 0) is 4.79 Å². The Kier molecular flexibility index (Phi) is 5.40. The molecule has 150 valence electrons. The molecule has 30 heavy (non-hydrogen) atoms. The number of carbonyl (C=O) groups is 1. The van der Waals surface area contributed by atoms with E-state index in [9.17, 15) is 9.59 Å². The maximum atomic E-state index is 13.2. The minimum absolute atomic E-state index is 0.227. The minimum atomic E-state index is -1.04. The first-order valence-electron chi connectivity index (χ1n) is 9.08. The Hall–Kier alpha value is -3.78. The monoisotopic (exact) mass is 419 g/mol. The molecule has 2 aromatic carbocycles. The lowest BCUT2D eigenvalue weighted by Crippen LogP contribution is -2.20. The summed E-state index contributed by atoms with van der Waals surface area (Å²) in [6.45, 7) is 1.33. The minimum Gasteiger partial charge on any atom is -0.482 e. The summed E-state index contributed by atoms with van der Waals surface area (Å²) in [6.07, 6.45) is 1.55. The van der Waals surface area contributed by atoms with Gasteiger partial charge in [0.15, 0.2) is 6.61 Å². The van der Waals surface area contributed by atoms with Crippen molar-refractivity contribution in [3.05, 3.63) is 81.7 Å². The molecule has 0 spiro atoms. The van der Waals surface area contributed by atoms with E-state index in [4.69, 9.17) is 9.84 Å². The fourth-order valence-corrected chi connectivity index (χ4v) is 3.95. The normalized spacial score (nSPS) is 11.2. The van der Waals surface area contributed by atoms with Crippen molar-refractivity contribution >= 4 is 33.7 Å². The van der Waals surface area contributed by atoms with Crippen LogP contribution in [0, 0.1) is 6.92 Å². The van der Waals surface area contributed by atoms with Gasteiger partial charge in [0.25, 0.3) is 5.56 Å². The van der Waals surface area contributed by atoms with Crippen LogP contribution < -0.4 is 10.3 Å². The van der Waals surface area contributed by atoms with Crippen LogP contribution in [0.4, 0.5) is 0 Å². The zero-order chi connectivity index (χ0) is 21.1. The number of rotatable bonds is 6. The average molecular weight is 419 g/mol. The highest BCUT2D eigenvalue weighted by atomic mass is 32.1. The van der Waals surface area contributed by atoms with E-state index in [1.807, 2.05) is 35.7 Å². The maximum Gasteiger partial charge on any atom is 0.341 e. The Balaban J connectivity index is 1.67. The number of hydrogen-bond donors (Lipinski definition) is 1. The summed E-state index contributed by atoms with van der Waals surface area (Å²) in [5.41, 5.74) is 2.31. The number of carboxylic acid groups (broad SMARTS) is 1. The van der Waals surface area contributed by atoms with Crippen molar-refractivity contribution in [1.82, 2.24) is 9.66 Å². The number of fused-ring (bicyclic) bond motifs is 1. The molecule has 0 aliphatic rings. The highest BCUT2D eigenvalue weighted by Crippen LogP contribution is 2.30. The molecule has 0 fully saturated rings. The molecule has 2 heterocycles. The molecule has 0 aliphatic heterocycles. The highest BCUT2D eigenvalue weighted by molar-refractivity contribution is 7.17. The molecular weight excluding hydrogens is 402 g/mol. The number of benzene rings is 2. The van der Waals surface area contributed by atoms with E-state index in [2.05, 4.69) is 10.1 Å². The van der Waals surface area contributed by atoms with E-state index in [1.165, 1.54) is 16.0 Å². The van der Waals surface area contributed by atoms with E-state index in [0.29, 0.717) is 21.8 Å². The Morgan fingerprint density at radius 1 is 1.20 bits per heavy atom. The van der Waals surface area contributed by atoms with Crippen LogP contribution in [0.15, 0.2) is 69.9 Å². The van der Waals surface area contributed by atoms with Crippen LogP contribution in [0.2, 0.25) is 0 Å². The van der Waals surface area contributed by atoms with Gasteiger partial charge in [-0.3, -0.25) is 4.79 Å². The summed E-state index contributed by atoms with van der Waals surface area (Å²) in [5.74, 6) is -0.106. The topological polar surface area (TPSA) is 93.8 Å². The molecule has 0 unspecified atom stereocenters. The molecule has 0 radical (unpaired) electrons. The molecule has 7 nitrogen and oxygen atoms in total. The van der Waals surface area contributed by atoms with Crippen molar-refractivity contribution in [2.75, 3.05) is 6.61 Å². The van der Waals surface area contributed by atoms with Gasteiger partial charge in [-0.25, -0.2) is 9.78 Å². The fraction of sp³-hybridized carbons (Fsp3) is 0.0909. The first-order valence-corrected chi connectivity index (χ1v) is 9.96. The molecule has 0 bridgehead atoms. The summed E-state index contributed by atoms with van der Waals surface area (Å²) >= 11 is 1.44. The summed E-state index contributed by atoms with van der Waals surface area (Å²) in [6, 6.07) is 16.5. The van der Waals surface area contributed by atoms with Gasteiger partial charge in [-0.05, 0) is 42.3 Å². The lowest BCUT2D eigenvalue weighted by molar-refractivity contribution is -0.139. The SMILES string of the molecule is Cc1nc2scc(-c3ccccc3)c2c(=O)n1/N=C/c1ccc(OCC(=O)O)cc1. The van der Waals surface area contributed by atoms with Gasteiger partial charge < -0.3 is 9.84 Å². The molecule has 1 N–H and O–H groups in total. The van der Waals surface area contributed by atoms with Crippen LogP contribution in [-0.4, -0.2) is 33.6 Å². The van der Waals surface area contributed by atoms with Crippen molar-refractivity contribution in [3.8, 4) is 16.9 Å². The Bertz CT molecular complexity index is 1290. The second-order valence-corrected chi connectivity index (χ2v) is 7.33. The molecule has 0 saturated heterocycles. The smallest absolute Gasteiger partial charge is 0.341 e. The molecule has 4 aromatic rings. The first kappa shape index (κ1) is 19.5. The summed E-state index contributed by atoms with van der Waals surface area (Å²) in [7, 11) is 0. The number of thiophene rings is 1. The van der Waals surface area contributed by atoms with Gasteiger partial charge in [-0.1, -0.05) is 30.3 Å². The first-order chi connectivity index (χ1) is 14.5. The Morgan fingerprint density at radius 2 is 1.93 bits per heavy atom. The van der Waals surface area contributed by atoms with E-state index in [-0.39, 0.29) is 5.56 Å². The van der Waals surface area contributed by atoms with Gasteiger partial charge in [0.1, 0.15) is 16.4 Å². The molecule has 0 aliphatic carbocycles. The van der Waals surface area contributed by atoms with Crippen LogP contribution in [0.3, 0.4) is 0 Å². The molecule has 0 amide bonds. The van der Waals surface area contributed by atoms with Crippen LogP contribution in [0.5, 0.6) is 5.75 Å². The predicted octanol–water partition coefficient (Wildman–Crippen LogP) is 3.78. The number of hydrogen-bond acceptors (Lipinski definition) is 6. The van der Waals surface area contributed by atoms with Gasteiger partial charge in [0.05, 0.1) is 11.6 Å². The van der Waals surface area contributed by atoms with E-state index in [0.717, 1.165) is 16.7 Å². The Morgan fingerprint density at radius 3 is 2.63 bits per heavy atom. The van der Waals surface area contributed by atoms with E-state index < -0.39 is 12.6 Å². The standard InChI is InChI=1S/C22H17N3O4S/c1-14-24-21-20(18(13-30-21)16-5-3-2-4-6-16)22(28)25(14)23-11-15-7-9-17(10-8-15)29-12-19(26)27/h2-11,13H,12H2,1H3,(H,26,27)/b23-11+. The lowest BCUT2D eigenvalue weighted by Gasteiger charge is -2.05. The van der Waals surface area contributed by atoms with E-state index >= 15 is 0 Å². The quantitative estimate of drug-likeness (QED) is 0.480. The van der Waals surface area contributed by atoms with Gasteiger partial charge >= 0.3 is 5.97 Å². The second kappa shape index (κ2) is 8.30. The zero-order valence-corrected chi connectivity index (χ0v) is 16.8. The molecule has 0 saturated carbocycles. The molecule has 0 atom stereocenters. The number of aryl methyl sites for hydroxylation is 1. The number of carboxylic acids is 1. The van der Waals surface area contributed by atoms with Crippen LogP contribution in [0.25, 0.3) is 21.3 Å². The van der Waals surface area contributed by atoms with Gasteiger partial charge in [0.2, 0.25) is 0 Å². The number of ether oxygens (including phenoxy) is 1. The summed E-state index contributed by atoms with van der Waals surface area (Å²) in [5, 5.41) is 15.5. The third kappa shape index (κ3) is 3.99. The molecule has 4 rings (SSSR count). The molecule has 8 heteroatoms. The predicted molar refractivity (Wildman–Crippen MR) is 117 cm³/mol. The van der Waals surface area contributed by atoms with Crippen molar-refractivity contribution in [2.45, 2.75) is 6.92 Å². The van der Waals surface area contributed by atoms with Gasteiger partial charge in [-0.2, -0.15) is 9.78 Å². The fourth-order valence-electron chi connectivity index (χ4n) is 2.97. The zero-order valence-electron chi connectivity index (χ0n) is 16.0. The van der Waals surface area contributed by atoms with Crippen LogP contribution in [0.1, 0.15) is 11.4 Å². The maximum absolute atomic E-state index is 13.2.